The van der Waals surface area contributed by atoms with Gasteiger partial charge in [0.05, 0.1) is 0 Å². The van der Waals surface area contributed by atoms with Crippen LogP contribution in [0.4, 0.5) is 0 Å². The van der Waals surface area contributed by atoms with Gasteiger partial charge in [0.1, 0.15) is 0 Å². The Kier molecular flexibility index (Phi) is 5.36. The van der Waals surface area contributed by atoms with Gasteiger partial charge in [-0.15, -0.1) is 0 Å². The van der Waals surface area contributed by atoms with Crippen molar-refractivity contribution < 1.29 is 0 Å². The van der Waals surface area contributed by atoms with E-state index in [-0.39, 0.29) is 0 Å². The Labute approximate surface area is 149 Å². The van der Waals surface area contributed by atoms with Crippen LogP contribution in [0.1, 0.15) is 64.5 Å². The van der Waals surface area contributed by atoms with E-state index in [0.717, 1.165) is 18.5 Å². The number of nitrogens with zero attached hydrogens (tertiary/aromatic N) is 1. The maximum atomic E-state index is 3.86. The molecule has 0 amide bonds. The molecular weight excluding hydrogens is 292 g/mol. The van der Waals surface area contributed by atoms with Gasteiger partial charge in [-0.3, -0.25) is 4.90 Å². The second-order valence-corrected chi connectivity index (χ2v) is 8.78. The fraction of sp³-hybridized carbons (Fsp3) is 0.727. The molecule has 0 aromatic heterocycles. The van der Waals surface area contributed by atoms with Gasteiger partial charge in [0, 0.05) is 31.2 Å². The summed E-state index contributed by atoms with van der Waals surface area (Å²) < 4.78 is 0. The summed E-state index contributed by atoms with van der Waals surface area (Å²) in [5.41, 5.74) is 3.55. The van der Waals surface area contributed by atoms with Crippen molar-refractivity contribution in [2.75, 3.05) is 13.1 Å². The highest BCUT2D eigenvalue weighted by molar-refractivity contribution is 5.37. The lowest BCUT2D eigenvalue weighted by Crippen LogP contribution is -2.44. The molecule has 0 radical (unpaired) electrons. The lowest BCUT2D eigenvalue weighted by molar-refractivity contribution is 0.171. The average molecular weight is 329 g/mol. The van der Waals surface area contributed by atoms with Crippen LogP contribution in [0, 0.1) is 12.8 Å². The Morgan fingerprint density at radius 2 is 1.96 bits per heavy atom. The second kappa shape index (κ2) is 7.17. The molecule has 3 rings (SSSR count). The van der Waals surface area contributed by atoms with Gasteiger partial charge in [-0.05, 0) is 77.2 Å². The van der Waals surface area contributed by atoms with Crippen molar-refractivity contribution >= 4 is 0 Å². The largest absolute Gasteiger partial charge is 0.313 e. The van der Waals surface area contributed by atoms with E-state index in [9.17, 15) is 0 Å². The molecule has 1 aromatic rings. The highest BCUT2D eigenvalue weighted by Crippen LogP contribution is 2.62. The molecular formula is C22H36N2. The van der Waals surface area contributed by atoms with Gasteiger partial charge in [0.2, 0.25) is 0 Å². The molecule has 2 fully saturated rings. The first-order valence-electron chi connectivity index (χ1n) is 9.98. The first-order chi connectivity index (χ1) is 11.4. The van der Waals surface area contributed by atoms with Gasteiger partial charge in [-0.2, -0.15) is 0 Å². The average Bonchev–Trinajstić information content (AvgIpc) is 3.26. The van der Waals surface area contributed by atoms with Crippen LogP contribution in [0.25, 0.3) is 0 Å². The standard InChI is InChI=1S/C22H36N2/c1-16(2)24(17(3)4)12-11-23-21-9-10-22(15-20(22)14-21)19-8-6-7-18(5)13-19/h6-8,13,16-17,20-21,23H,9-12,14-15H2,1-5H3. The van der Waals surface area contributed by atoms with Gasteiger partial charge in [-0.1, -0.05) is 29.8 Å². The predicted molar refractivity (Wildman–Crippen MR) is 104 cm³/mol. The molecule has 0 aliphatic heterocycles. The molecule has 0 bridgehead atoms. The minimum absolute atomic E-state index is 0.534. The number of aryl methyl sites for hydroxylation is 1. The molecule has 1 aromatic carbocycles. The lowest BCUT2D eigenvalue weighted by atomic mass is 9.80. The third kappa shape index (κ3) is 3.70. The summed E-state index contributed by atoms with van der Waals surface area (Å²) >= 11 is 0. The van der Waals surface area contributed by atoms with Crippen LogP contribution in [0.3, 0.4) is 0 Å². The van der Waals surface area contributed by atoms with E-state index in [1.807, 2.05) is 0 Å². The van der Waals surface area contributed by atoms with Gasteiger partial charge in [-0.25, -0.2) is 0 Å². The summed E-state index contributed by atoms with van der Waals surface area (Å²) in [6.07, 6.45) is 5.50. The Hall–Kier alpha value is -0.860. The van der Waals surface area contributed by atoms with Gasteiger partial charge < -0.3 is 5.32 Å². The van der Waals surface area contributed by atoms with Crippen molar-refractivity contribution in [3.63, 3.8) is 0 Å². The summed E-state index contributed by atoms with van der Waals surface area (Å²) in [6.45, 7) is 13.7. The Morgan fingerprint density at radius 1 is 1.21 bits per heavy atom. The molecule has 1 N–H and O–H groups in total. The number of fused-ring (bicyclic) bond motifs is 1. The first-order valence-corrected chi connectivity index (χ1v) is 9.98. The van der Waals surface area contributed by atoms with E-state index in [2.05, 4.69) is 69.1 Å². The number of hydrogen-bond donors (Lipinski definition) is 1. The van der Waals surface area contributed by atoms with Crippen LogP contribution in [0.2, 0.25) is 0 Å². The maximum Gasteiger partial charge on any atom is 0.0112 e. The monoisotopic (exact) mass is 328 g/mol. The van der Waals surface area contributed by atoms with E-state index >= 15 is 0 Å². The van der Waals surface area contributed by atoms with Crippen LogP contribution >= 0.6 is 0 Å². The number of benzene rings is 1. The molecule has 3 unspecified atom stereocenters. The summed E-state index contributed by atoms with van der Waals surface area (Å²) in [5, 5.41) is 3.86. The third-order valence-corrected chi connectivity index (χ3v) is 6.46. The summed E-state index contributed by atoms with van der Waals surface area (Å²) in [7, 11) is 0. The SMILES string of the molecule is Cc1cccc(C23CCC(NCCN(C(C)C)C(C)C)CC2C3)c1. The maximum absolute atomic E-state index is 3.86. The second-order valence-electron chi connectivity index (χ2n) is 8.78. The van der Waals surface area contributed by atoms with Crippen molar-refractivity contribution in [2.45, 2.75) is 83.8 Å². The van der Waals surface area contributed by atoms with Gasteiger partial charge in [0.15, 0.2) is 0 Å². The topological polar surface area (TPSA) is 15.3 Å². The molecule has 0 saturated heterocycles. The smallest absolute Gasteiger partial charge is 0.0112 e. The van der Waals surface area contributed by atoms with Crippen molar-refractivity contribution in [3.8, 4) is 0 Å². The third-order valence-electron chi connectivity index (χ3n) is 6.46. The molecule has 0 spiro atoms. The van der Waals surface area contributed by atoms with E-state index in [1.54, 1.807) is 5.56 Å². The molecule has 2 aliphatic carbocycles. The number of hydrogen-bond acceptors (Lipinski definition) is 2. The van der Waals surface area contributed by atoms with Crippen molar-refractivity contribution in [3.05, 3.63) is 35.4 Å². The zero-order valence-corrected chi connectivity index (χ0v) is 16.3. The van der Waals surface area contributed by atoms with Crippen LogP contribution < -0.4 is 5.32 Å². The van der Waals surface area contributed by atoms with Crippen LogP contribution in [-0.4, -0.2) is 36.1 Å². The van der Waals surface area contributed by atoms with E-state index in [4.69, 9.17) is 0 Å². The van der Waals surface area contributed by atoms with Gasteiger partial charge in [0.25, 0.3) is 0 Å². The van der Waals surface area contributed by atoms with E-state index in [1.165, 1.54) is 37.8 Å². The predicted octanol–water partition coefficient (Wildman–Crippen LogP) is 4.51. The number of rotatable bonds is 7. The first kappa shape index (κ1) is 17.9. The molecule has 3 atom stereocenters. The zero-order valence-electron chi connectivity index (χ0n) is 16.3. The quantitative estimate of drug-likeness (QED) is 0.792. The molecule has 0 heterocycles. The highest BCUT2D eigenvalue weighted by Gasteiger charge is 2.57. The number of nitrogens with one attached hydrogen (secondary N) is 1. The summed E-state index contributed by atoms with van der Waals surface area (Å²) in [6, 6.07) is 11.3. The summed E-state index contributed by atoms with van der Waals surface area (Å²) in [5.74, 6) is 0.914. The Morgan fingerprint density at radius 3 is 2.58 bits per heavy atom. The van der Waals surface area contributed by atoms with Gasteiger partial charge >= 0.3 is 0 Å². The Bertz CT molecular complexity index is 543. The molecule has 24 heavy (non-hydrogen) atoms. The molecule has 2 nitrogen and oxygen atoms in total. The lowest BCUT2D eigenvalue weighted by Gasteiger charge is -2.33. The van der Waals surface area contributed by atoms with E-state index < -0.39 is 0 Å². The van der Waals surface area contributed by atoms with Crippen LogP contribution in [-0.2, 0) is 5.41 Å². The van der Waals surface area contributed by atoms with Crippen molar-refractivity contribution in [1.82, 2.24) is 10.2 Å². The fourth-order valence-corrected chi connectivity index (χ4v) is 5.04. The molecule has 2 aliphatic rings. The normalized spacial score (nSPS) is 29.3. The Balaban J connectivity index is 1.48. The summed E-state index contributed by atoms with van der Waals surface area (Å²) in [4.78, 5) is 2.59. The molecule has 134 valence electrons. The fourth-order valence-electron chi connectivity index (χ4n) is 5.04. The molecule has 2 saturated carbocycles. The highest BCUT2D eigenvalue weighted by atomic mass is 15.2. The minimum atomic E-state index is 0.534. The van der Waals surface area contributed by atoms with Crippen molar-refractivity contribution in [2.24, 2.45) is 5.92 Å². The van der Waals surface area contributed by atoms with Crippen molar-refractivity contribution in [1.29, 1.82) is 0 Å². The minimum Gasteiger partial charge on any atom is -0.313 e. The van der Waals surface area contributed by atoms with Crippen LogP contribution in [0.15, 0.2) is 24.3 Å². The van der Waals surface area contributed by atoms with Crippen LogP contribution in [0.5, 0.6) is 0 Å². The molecule has 2 heteroatoms. The zero-order chi connectivity index (χ0) is 17.3. The van der Waals surface area contributed by atoms with E-state index in [0.29, 0.717) is 17.5 Å².